The van der Waals surface area contributed by atoms with E-state index in [0.29, 0.717) is 4.90 Å². The summed E-state index contributed by atoms with van der Waals surface area (Å²) < 4.78 is 0. The fourth-order valence-electron chi connectivity index (χ4n) is 1.56. The predicted molar refractivity (Wildman–Crippen MR) is 41.9 cm³/mol. The van der Waals surface area contributed by atoms with E-state index < -0.39 is 30.1 Å². The third-order valence-corrected chi connectivity index (χ3v) is 2.18. The zero-order valence-electron chi connectivity index (χ0n) is 7.08. The Morgan fingerprint density at radius 2 is 1.29 bits per heavy atom. The Kier molecular flexibility index (Phi) is 2.59. The molecule has 0 radical (unpaired) electrons. The third kappa shape index (κ3) is 1.61. The highest BCUT2D eigenvalue weighted by Gasteiger charge is 2.44. The van der Waals surface area contributed by atoms with Gasteiger partial charge in [0.05, 0.1) is 0 Å². The van der Waals surface area contributed by atoms with Crippen LogP contribution in [0.25, 0.3) is 0 Å². The van der Waals surface area contributed by atoms with Gasteiger partial charge in [-0.05, 0) is 12.8 Å². The van der Waals surface area contributed by atoms with Crippen molar-refractivity contribution in [2.24, 2.45) is 0 Å². The Hall–Kier alpha value is -1.79. The number of hydrogen-bond acceptors (Lipinski definition) is 3. The van der Waals surface area contributed by atoms with Crippen LogP contribution in [-0.2, 0) is 9.59 Å². The molecular weight excluding hydrogens is 194 g/mol. The third-order valence-electron chi connectivity index (χ3n) is 2.18. The van der Waals surface area contributed by atoms with Crippen molar-refractivity contribution >= 4 is 18.0 Å². The maximum atomic E-state index is 10.6. The molecule has 0 aromatic rings. The lowest BCUT2D eigenvalue weighted by molar-refractivity contribution is -0.145. The van der Waals surface area contributed by atoms with Gasteiger partial charge in [-0.2, -0.15) is 0 Å². The summed E-state index contributed by atoms with van der Waals surface area (Å²) in [5, 5.41) is 25.9. The van der Waals surface area contributed by atoms with Gasteiger partial charge in [0.15, 0.2) is 0 Å². The molecule has 0 spiro atoms. The van der Waals surface area contributed by atoms with E-state index >= 15 is 0 Å². The maximum Gasteiger partial charge on any atom is 0.408 e. The first kappa shape index (κ1) is 10.3. The van der Waals surface area contributed by atoms with Crippen LogP contribution >= 0.6 is 0 Å². The Balaban J connectivity index is 2.90. The minimum atomic E-state index is -1.51. The van der Waals surface area contributed by atoms with Gasteiger partial charge in [-0.15, -0.1) is 0 Å². The number of rotatable bonds is 2. The molecule has 78 valence electrons. The highest BCUT2D eigenvalue weighted by Crippen LogP contribution is 2.24. The number of amides is 1. The molecule has 2 atom stereocenters. The molecular formula is C7H9NO6. The number of aliphatic carboxylic acids is 2. The normalized spacial score (nSPS) is 26.1. The summed E-state index contributed by atoms with van der Waals surface area (Å²) in [4.78, 5) is 32.3. The summed E-state index contributed by atoms with van der Waals surface area (Å²) in [6.07, 6.45) is -1.43. The number of likely N-dealkylation sites (tertiary alicyclic amines) is 1. The summed E-state index contributed by atoms with van der Waals surface area (Å²) in [6, 6.07) is -2.48. The second kappa shape index (κ2) is 3.52. The van der Waals surface area contributed by atoms with Gasteiger partial charge in [0.25, 0.3) is 0 Å². The summed E-state index contributed by atoms with van der Waals surface area (Å²) in [7, 11) is 0. The zero-order chi connectivity index (χ0) is 10.9. The minimum absolute atomic E-state index is 0.0403. The quantitative estimate of drug-likeness (QED) is 0.565. The molecule has 1 aliphatic heterocycles. The molecule has 1 fully saturated rings. The standard InChI is InChI=1S/C7H9NO6/c9-5(10)3-1-2-4(6(11)12)8(3)7(13)14/h3-4H,1-2H2,(H,9,10)(H,11,12)(H,13,14). The molecule has 1 amide bonds. The van der Waals surface area contributed by atoms with Crippen molar-refractivity contribution in [1.29, 1.82) is 0 Å². The molecule has 1 rings (SSSR count). The van der Waals surface area contributed by atoms with Gasteiger partial charge in [0.1, 0.15) is 12.1 Å². The van der Waals surface area contributed by atoms with Gasteiger partial charge in [-0.25, -0.2) is 14.4 Å². The van der Waals surface area contributed by atoms with Gasteiger partial charge >= 0.3 is 18.0 Å². The minimum Gasteiger partial charge on any atom is -0.480 e. The smallest absolute Gasteiger partial charge is 0.408 e. The topological polar surface area (TPSA) is 115 Å². The van der Waals surface area contributed by atoms with Gasteiger partial charge in [-0.1, -0.05) is 0 Å². The Bertz CT molecular complexity index is 266. The summed E-state index contributed by atoms with van der Waals surface area (Å²) >= 11 is 0. The van der Waals surface area contributed by atoms with E-state index in [1.165, 1.54) is 0 Å². The van der Waals surface area contributed by atoms with Gasteiger partial charge < -0.3 is 15.3 Å². The highest BCUT2D eigenvalue weighted by molar-refractivity contribution is 5.86. The van der Waals surface area contributed by atoms with E-state index in [2.05, 4.69) is 0 Å². The van der Waals surface area contributed by atoms with E-state index in [1.54, 1.807) is 0 Å². The van der Waals surface area contributed by atoms with Crippen molar-refractivity contribution in [1.82, 2.24) is 4.90 Å². The number of hydrogen-bond donors (Lipinski definition) is 3. The molecule has 1 saturated heterocycles. The van der Waals surface area contributed by atoms with E-state index in [4.69, 9.17) is 15.3 Å². The maximum absolute atomic E-state index is 10.6. The van der Waals surface area contributed by atoms with Crippen LogP contribution in [0, 0.1) is 0 Å². The van der Waals surface area contributed by atoms with Crippen LogP contribution in [0.5, 0.6) is 0 Å². The van der Waals surface area contributed by atoms with E-state index in [-0.39, 0.29) is 12.8 Å². The van der Waals surface area contributed by atoms with Crippen molar-refractivity contribution < 1.29 is 29.7 Å². The number of carbonyl (C=O) groups is 3. The Labute approximate surface area is 78.6 Å². The molecule has 2 unspecified atom stereocenters. The van der Waals surface area contributed by atoms with Crippen molar-refractivity contribution in [2.45, 2.75) is 24.9 Å². The first-order valence-electron chi connectivity index (χ1n) is 3.92. The number of nitrogens with zero attached hydrogens (tertiary/aromatic N) is 1. The number of carboxylic acid groups (broad SMARTS) is 3. The molecule has 14 heavy (non-hydrogen) atoms. The van der Waals surface area contributed by atoms with Crippen LogP contribution in [-0.4, -0.2) is 50.3 Å². The average Bonchev–Trinajstić information content (AvgIpc) is 2.46. The SMILES string of the molecule is O=C(O)C1CCC(C(=O)O)N1C(=O)O. The molecule has 0 aromatic carbocycles. The van der Waals surface area contributed by atoms with Crippen LogP contribution in [0.1, 0.15) is 12.8 Å². The molecule has 0 aromatic heterocycles. The number of carboxylic acids is 2. The molecule has 0 saturated carbocycles. The van der Waals surface area contributed by atoms with Crippen LogP contribution in [0.2, 0.25) is 0 Å². The van der Waals surface area contributed by atoms with E-state index in [1.807, 2.05) is 0 Å². The van der Waals surface area contributed by atoms with Crippen LogP contribution in [0.4, 0.5) is 4.79 Å². The van der Waals surface area contributed by atoms with Gasteiger partial charge in [0, 0.05) is 0 Å². The van der Waals surface area contributed by atoms with Gasteiger partial charge in [-0.3, -0.25) is 4.90 Å². The molecule has 7 heteroatoms. The van der Waals surface area contributed by atoms with Crippen LogP contribution < -0.4 is 0 Å². The molecule has 7 nitrogen and oxygen atoms in total. The van der Waals surface area contributed by atoms with E-state index in [0.717, 1.165) is 0 Å². The molecule has 1 aliphatic rings. The largest absolute Gasteiger partial charge is 0.480 e. The molecule has 0 bridgehead atoms. The Morgan fingerprint density at radius 1 is 0.929 bits per heavy atom. The second-order valence-corrected chi connectivity index (χ2v) is 2.98. The van der Waals surface area contributed by atoms with Crippen molar-refractivity contribution in [2.75, 3.05) is 0 Å². The fourth-order valence-corrected chi connectivity index (χ4v) is 1.56. The lowest BCUT2D eigenvalue weighted by atomic mass is 10.2. The highest BCUT2D eigenvalue weighted by atomic mass is 16.4. The first-order chi connectivity index (χ1) is 6.45. The van der Waals surface area contributed by atoms with Crippen molar-refractivity contribution in [3.8, 4) is 0 Å². The van der Waals surface area contributed by atoms with Gasteiger partial charge in [0.2, 0.25) is 0 Å². The fraction of sp³-hybridized carbons (Fsp3) is 0.571. The van der Waals surface area contributed by atoms with Crippen molar-refractivity contribution in [3.63, 3.8) is 0 Å². The Morgan fingerprint density at radius 3 is 1.50 bits per heavy atom. The van der Waals surface area contributed by atoms with Crippen LogP contribution in [0.3, 0.4) is 0 Å². The monoisotopic (exact) mass is 203 g/mol. The molecule has 0 aliphatic carbocycles. The lowest BCUT2D eigenvalue weighted by Crippen LogP contribution is -2.47. The summed E-state index contributed by atoms with van der Waals surface area (Å²) in [6.45, 7) is 0. The second-order valence-electron chi connectivity index (χ2n) is 2.98. The van der Waals surface area contributed by atoms with Crippen molar-refractivity contribution in [3.05, 3.63) is 0 Å². The molecule has 1 heterocycles. The first-order valence-corrected chi connectivity index (χ1v) is 3.92. The predicted octanol–water partition coefficient (Wildman–Crippen LogP) is -0.333. The summed E-state index contributed by atoms with van der Waals surface area (Å²) in [5.41, 5.74) is 0. The average molecular weight is 203 g/mol. The molecule has 3 N–H and O–H groups in total. The van der Waals surface area contributed by atoms with Crippen LogP contribution in [0.15, 0.2) is 0 Å². The lowest BCUT2D eigenvalue weighted by Gasteiger charge is -2.21. The van der Waals surface area contributed by atoms with E-state index in [9.17, 15) is 14.4 Å². The zero-order valence-corrected chi connectivity index (χ0v) is 7.08. The summed E-state index contributed by atoms with van der Waals surface area (Å²) in [5.74, 6) is -2.62.